The molecule has 196 valence electrons. The van der Waals surface area contributed by atoms with Gasteiger partial charge in [-0.2, -0.15) is 0 Å². The van der Waals surface area contributed by atoms with Crippen molar-refractivity contribution in [1.82, 2.24) is 0 Å². The van der Waals surface area contributed by atoms with Gasteiger partial charge in [0.1, 0.15) is 11.7 Å². The lowest BCUT2D eigenvalue weighted by Gasteiger charge is -2.52. The zero-order valence-corrected chi connectivity index (χ0v) is 21.0. The van der Waals surface area contributed by atoms with Crippen LogP contribution in [0.2, 0.25) is 0 Å². The van der Waals surface area contributed by atoms with Crippen molar-refractivity contribution in [3.8, 4) is 0 Å². The zero-order valence-electron chi connectivity index (χ0n) is 21.0. The first-order chi connectivity index (χ1) is 15.4. The highest BCUT2D eigenvalue weighted by Crippen LogP contribution is 2.70. The molecule has 0 radical (unpaired) electrons. The quantitative estimate of drug-likeness (QED) is 0.265. The minimum atomic E-state index is -2.03. The summed E-state index contributed by atoms with van der Waals surface area (Å²) in [4.78, 5) is 12.9. The highest BCUT2D eigenvalue weighted by Gasteiger charge is 2.79. The van der Waals surface area contributed by atoms with Crippen molar-refractivity contribution in [3.05, 3.63) is 0 Å². The molecule has 4 rings (SSSR count). The number of esters is 1. The normalized spacial score (nSPS) is 55.6. The van der Waals surface area contributed by atoms with Crippen LogP contribution in [0.3, 0.4) is 0 Å². The first kappa shape index (κ1) is 26.3. The fraction of sp³-hybridized carbons (Fsp3) is 0.960. The van der Waals surface area contributed by atoms with Crippen LogP contribution in [0.1, 0.15) is 67.2 Å². The molecule has 0 aromatic heterocycles. The van der Waals surface area contributed by atoms with Crippen molar-refractivity contribution < 1.29 is 45.3 Å². The number of ether oxygens (including phenoxy) is 1. The zero-order chi connectivity index (χ0) is 25.8. The van der Waals surface area contributed by atoms with Gasteiger partial charge >= 0.3 is 5.97 Å². The molecule has 4 fully saturated rings. The van der Waals surface area contributed by atoms with E-state index in [4.69, 9.17) is 4.74 Å². The summed E-state index contributed by atoms with van der Waals surface area (Å²) in [5.41, 5.74) is -7.47. The van der Waals surface area contributed by atoms with Crippen LogP contribution in [-0.2, 0) is 9.53 Å². The number of hydrogen-bond donors (Lipinski definition) is 7. The molecule has 9 nitrogen and oxygen atoms in total. The van der Waals surface area contributed by atoms with Gasteiger partial charge in [-0.1, -0.05) is 13.8 Å². The number of hydrogen-bond acceptors (Lipinski definition) is 9. The number of carbonyl (C=O) groups excluding carboxylic acids is 1. The van der Waals surface area contributed by atoms with Crippen molar-refractivity contribution in [2.75, 3.05) is 0 Å². The van der Waals surface area contributed by atoms with Crippen molar-refractivity contribution in [3.63, 3.8) is 0 Å². The maximum atomic E-state index is 12.9. The van der Waals surface area contributed by atoms with E-state index in [2.05, 4.69) is 0 Å². The van der Waals surface area contributed by atoms with E-state index in [1.807, 2.05) is 0 Å². The van der Waals surface area contributed by atoms with E-state index < -0.39 is 87.8 Å². The van der Waals surface area contributed by atoms with Gasteiger partial charge in [0, 0.05) is 22.7 Å². The topological polar surface area (TPSA) is 168 Å². The van der Waals surface area contributed by atoms with E-state index in [9.17, 15) is 40.5 Å². The van der Waals surface area contributed by atoms with Gasteiger partial charge < -0.3 is 40.5 Å². The van der Waals surface area contributed by atoms with Crippen LogP contribution >= 0.6 is 0 Å². The second-order valence-corrected chi connectivity index (χ2v) is 12.8. The van der Waals surface area contributed by atoms with Crippen LogP contribution in [0.5, 0.6) is 0 Å². The average molecular weight is 487 g/mol. The SMILES string of the molecule is CC(O)C(C)C(=O)OC1C2CCC3C(C)(O)C4C(O)C(O)C(C)(C)C4(O)C(O)CC13CC2(C)O. The molecule has 13 unspecified atom stereocenters. The van der Waals surface area contributed by atoms with Gasteiger partial charge in [-0.05, 0) is 59.3 Å². The first-order valence-corrected chi connectivity index (χ1v) is 12.5. The molecule has 4 aliphatic carbocycles. The summed E-state index contributed by atoms with van der Waals surface area (Å²) in [5.74, 6) is -3.80. The molecular formula is C25H42O9. The predicted molar refractivity (Wildman–Crippen MR) is 120 cm³/mol. The van der Waals surface area contributed by atoms with Crippen molar-refractivity contribution in [1.29, 1.82) is 0 Å². The van der Waals surface area contributed by atoms with Crippen LogP contribution in [0.25, 0.3) is 0 Å². The molecule has 13 atom stereocenters. The van der Waals surface area contributed by atoms with Crippen LogP contribution in [0.4, 0.5) is 0 Å². The monoisotopic (exact) mass is 486 g/mol. The second-order valence-electron chi connectivity index (χ2n) is 12.8. The minimum Gasteiger partial charge on any atom is -0.461 e. The second kappa shape index (κ2) is 7.60. The van der Waals surface area contributed by atoms with Gasteiger partial charge in [-0.15, -0.1) is 0 Å². The highest BCUT2D eigenvalue weighted by molar-refractivity contribution is 5.73. The van der Waals surface area contributed by atoms with E-state index in [0.717, 1.165) is 0 Å². The lowest BCUT2D eigenvalue weighted by atomic mass is 9.57. The van der Waals surface area contributed by atoms with Gasteiger partial charge in [-0.3, -0.25) is 4.79 Å². The van der Waals surface area contributed by atoms with Crippen LogP contribution < -0.4 is 0 Å². The molecule has 0 amide bonds. The standard InChI is InChI=1S/C25H42O9/c1-11(12(2)26)20(30)34-19-13-7-8-14-23(6,32)17-16(28)18(29)21(3,4)25(17,33)15(27)9-24(14,19)10-22(13,5)31/h11-19,26-29,31-33H,7-10H2,1-6H3. The number of rotatable bonds is 3. The molecule has 0 aromatic carbocycles. The van der Waals surface area contributed by atoms with Gasteiger partial charge in [0.25, 0.3) is 0 Å². The van der Waals surface area contributed by atoms with Crippen LogP contribution in [0.15, 0.2) is 0 Å². The molecule has 0 heterocycles. The van der Waals surface area contributed by atoms with E-state index in [0.29, 0.717) is 12.8 Å². The van der Waals surface area contributed by atoms with Gasteiger partial charge in [-0.25, -0.2) is 0 Å². The summed E-state index contributed by atoms with van der Waals surface area (Å²) in [6.45, 7) is 9.33. The largest absolute Gasteiger partial charge is 0.461 e. The Labute approximate surface area is 200 Å². The third-order valence-electron chi connectivity index (χ3n) is 10.5. The van der Waals surface area contributed by atoms with E-state index in [1.54, 1.807) is 27.7 Å². The smallest absolute Gasteiger partial charge is 0.311 e. The maximum absolute atomic E-state index is 12.9. The summed E-state index contributed by atoms with van der Waals surface area (Å²) in [7, 11) is 0. The third kappa shape index (κ3) is 3.07. The molecule has 4 aliphatic rings. The van der Waals surface area contributed by atoms with Gasteiger partial charge in [0.05, 0.1) is 41.5 Å². The third-order valence-corrected chi connectivity index (χ3v) is 10.5. The molecular weight excluding hydrogens is 444 g/mol. The lowest BCUT2D eigenvalue weighted by molar-refractivity contribution is -0.211. The predicted octanol–water partition coefficient (Wildman–Crippen LogP) is -0.293. The molecule has 2 bridgehead atoms. The Morgan fingerprint density at radius 1 is 1.00 bits per heavy atom. The molecule has 0 aromatic rings. The Bertz CT molecular complexity index is 838. The lowest BCUT2D eigenvalue weighted by Crippen LogP contribution is -2.62. The minimum absolute atomic E-state index is 0.0860. The first-order valence-electron chi connectivity index (χ1n) is 12.5. The van der Waals surface area contributed by atoms with Crippen molar-refractivity contribution in [2.45, 2.75) is 115 Å². The number of fused-ring (bicyclic) bond motifs is 2. The summed E-state index contributed by atoms with van der Waals surface area (Å²) in [6.07, 6.45) is -5.23. The number of carbonyl (C=O) groups is 1. The Hall–Kier alpha value is -0.810. The highest BCUT2D eigenvalue weighted by atomic mass is 16.5. The van der Waals surface area contributed by atoms with Crippen molar-refractivity contribution in [2.24, 2.45) is 34.5 Å². The summed E-state index contributed by atoms with van der Waals surface area (Å²) in [6, 6.07) is 0. The van der Waals surface area contributed by atoms with E-state index in [-0.39, 0.29) is 12.8 Å². The summed E-state index contributed by atoms with van der Waals surface area (Å²) < 4.78 is 5.97. The fourth-order valence-corrected chi connectivity index (χ4v) is 8.54. The molecule has 34 heavy (non-hydrogen) atoms. The molecule has 0 aliphatic heterocycles. The fourth-order valence-electron chi connectivity index (χ4n) is 8.54. The van der Waals surface area contributed by atoms with Crippen LogP contribution in [0, 0.1) is 34.5 Å². The van der Waals surface area contributed by atoms with Gasteiger partial charge in [0.2, 0.25) is 0 Å². The average Bonchev–Trinajstić information content (AvgIpc) is 2.89. The van der Waals surface area contributed by atoms with E-state index >= 15 is 0 Å². The molecule has 9 heteroatoms. The Morgan fingerprint density at radius 3 is 2.15 bits per heavy atom. The maximum Gasteiger partial charge on any atom is 0.311 e. The van der Waals surface area contributed by atoms with Gasteiger partial charge in [0.15, 0.2) is 0 Å². The Balaban J connectivity index is 1.86. The van der Waals surface area contributed by atoms with Crippen molar-refractivity contribution >= 4 is 5.97 Å². The molecule has 4 saturated carbocycles. The number of aliphatic hydroxyl groups is 7. The van der Waals surface area contributed by atoms with E-state index in [1.165, 1.54) is 13.8 Å². The molecule has 0 saturated heterocycles. The van der Waals surface area contributed by atoms with Crippen LogP contribution in [-0.4, -0.2) is 89.0 Å². The molecule has 7 N–H and O–H groups in total. The molecule has 1 spiro atoms. The summed E-state index contributed by atoms with van der Waals surface area (Å²) in [5, 5.41) is 78.7. The Morgan fingerprint density at radius 2 is 1.59 bits per heavy atom. The number of aliphatic hydroxyl groups excluding tert-OH is 4. The summed E-state index contributed by atoms with van der Waals surface area (Å²) >= 11 is 0. The Kier molecular flexibility index (Phi) is 5.87.